The zero-order chi connectivity index (χ0) is 19.0. The van der Waals surface area contributed by atoms with Gasteiger partial charge in [0.1, 0.15) is 0 Å². The smallest absolute Gasteiger partial charge is 0.187 e. The maximum atomic E-state index is 4.78. The first-order valence-electron chi connectivity index (χ1n) is 8.91. The third-order valence-electron chi connectivity index (χ3n) is 4.59. The number of benzene rings is 2. The van der Waals surface area contributed by atoms with Gasteiger partial charge in [-0.15, -0.1) is 11.3 Å². The van der Waals surface area contributed by atoms with Crippen LogP contribution in [0.4, 0.5) is 10.8 Å². The predicted octanol–water partition coefficient (Wildman–Crippen LogP) is 5.97. The zero-order valence-electron chi connectivity index (χ0n) is 15.9. The molecule has 0 fully saturated rings. The summed E-state index contributed by atoms with van der Waals surface area (Å²) in [5.41, 5.74) is 9.11. The maximum Gasteiger partial charge on any atom is 0.187 e. The molecule has 136 valence electrons. The molecular weight excluding hydrogens is 352 g/mol. The number of hydrogen-bond acceptors (Lipinski definition) is 4. The van der Waals surface area contributed by atoms with Crippen molar-refractivity contribution in [2.75, 3.05) is 5.32 Å². The van der Waals surface area contributed by atoms with Gasteiger partial charge in [-0.05, 0) is 51.0 Å². The van der Waals surface area contributed by atoms with Crippen LogP contribution in [0.2, 0.25) is 0 Å². The quantitative estimate of drug-likeness (QED) is 0.478. The van der Waals surface area contributed by atoms with Crippen LogP contribution in [-0.4, -0.2) is 14.5 Å². The topological polar surface area (TPSA) is 42.7 Å². The van der Waals surface area contributed by atoms with Crippen LogP contribution in [0.25, 0.3) is 16.9 Å². The molecule has 0 atom stereocenters. The van der Waals surface area contributed by atoms with E-state index in [1.807, 2.05) is 24.0 Å². The molecule has 4 nitrogen and oxygen atoms in total. The molecule has 1 N–H and O–H groups in total. The van der Waals surface area contributed by atoms with E-state index in [0.29, 0.717) is 0 Å². The van der Waals surface area contributed by atoms with Crippen molar-refractivity contribution >= 4 is 22.2 Å². The Kier molecular flexibility index (Phi) is 4.54. The number of aryl methyl sites for hydroxylation is 4. The molecule has 0 saturated heterocycles. The van der Waals surface area contributed by atoms with Crippen molar-refractivity contribution in [3.05, 3.63) is 76.7 Å². The summed E-state index contributed by atoms with van der Waals surface area (Å²) in [6, 6.07) is 12.8. The first-order chi connectivity index (χ1) is 13.0. The summed E-state index contributed by atoms with van der Waals surface area (Å²) < 4.78 is 2.02. The number of hydrogen-bond donors (Lipinski definition) is 1. The molecule has 0 aliphatic rings. The lowest BCUT2D eigenvalue weighted by Gasteiger charge is -2.11. The van der Waals surface area contributed by atoms with E-state index in [1.54, 1.807) is 11.3 Å². The van der Waals surface area contributed by atoms with E-state index >= 15 is 0 Å². The Morgan fingerprint density at radius 2 is 1.67 bits per heavy atom. The second-order valence-corrected chi connectivity index (χ2v) is 7.76. The monoisotopic (exact) mass is 374 g/mol. The number of nitrogens with zero attached hydrogens (tertiary/aromatic N) is 3. The summed E-state index contributed by atoms with van der Waals surface area (Å²) in [5, 5.41) is 6.50. The fraction of sp³-hybridized carbons (Fsp3) is 0.182. The second kappa shape index (κ2) is 7.00. The average Bonchev–Trinajstić information content (AvgIpc) is 3.27. The van der Waals surface area contributed by atoms with Gasteiger partial charge < -0.3 is 9.88 Å². The van der Waals surface area contributed by atoms with Crippen LogP contribution >= 0.6 is 11.3 Å². The molecule has 0 unspecified atom stereocenters. The van der Waals surface area contributed by atoms with Gasteiger partial charge in [0, 0.05) is 28.5 Å². The molecule has 5 heteroatoms. The van der Waals surface area contributed by atoms with Crippen LogP contribution in [0.15, 0.2) is 54.3 Å². The number of nitrogens with one attached hydrogen (secondary N) is 1. The van der Waals surface area contributed by atoms with Gasteiger partial charge in [-0.1, -0.05) is 29.8 Å². The van der Waals surface area contributed by atoms with Gasteiger partial charge in [0.25, 0.3) is 0 Å². The molecule has 0 bridgehead atoms. The molecule has 2 aromatic heterocycles. The molecule has 0 saturated carbocycles. The minimum Gasteiger partial charge on any atom is -0.331 e. The Morgan fingerprint density at radius 3 is 2.30 bits per heavy atom. The van der Waals surface area contributed by atoms with E-state index in [4.69, 9.17) is 4.98 Å². The first-order valence-corrected chi connectivity index (χ1v) is 9.79. The molecule has 2 heterocycles. The molecule has 0 amide bonds. The molecule has 4 rings (SSSR count). The standard InChI is InChI=1S/C22H22N4S/c1-14-9-15(2)21(16(3)10-14)25-22-24-20(12-27-22)18-5-7-19(8-6-18)26-11-17(4)23-13-26/h5-13H,1-4H3,(H,24,25). The van der Waals surface area contributed by atoms with Gasteiger partial charge in [0.05, 0.1) is 17.7 Å². The van der Waals surface area contributed by atoms with E-state index in [-0.39, 0.29) is 0 Å². The zero-order valence-corrected chi connectivity index (χ0v) is 16.8. The summed E-state index contributed by atoms with van der Waals surface area (Å²) in [6.07, 6.45) is 3.85. The van der Waals surface area contributed by atoms with E-state index in [2.05, 4.69) is 72.9 Å². The normalized spacial score (nSPS) is 11.0. The summed E-state index contributed by atoms with van der Waals surface area (Å²) in [4.78, 5) is 9.06. The third-order valence-corrected chi connectivity index (χ3v) is 5.34. The lowest BCUT2D eigenvalue weighted by molar-refractivity contribution is 1.06. The molecule has 27 heavy (non-hydrogen) atoms. The van der Waals surface area contributed by atoms with E-state index in [0.717, 1.165) is 33.5 Å². The predicted molar refractivity (Wildman–Crippen MR) is 113 cm³/mol. The lowest BCUT2D eigenvalue weighted by atomic mass is 10.1. The largest absolute Gasteiger partial charge is 0.331 e. The Hall–Kier alpha value is -2.92. The van der Waals surface area contributed by atoms with Crippen LogP contribution in [0.3, 0.4) is 0 Å². The summed E-state index contributed by atoms with van der Waals surface area (Å²) in [5.74, 6) is 0. The summed E-state index contributed by atoms with van der Waals surface area (Å²) in [7, 11) is 0. The van der Waals surface area contributed by atoms with Crippen molar-refractivity contribution in [3.63, 3.8) is 0 Å². The Bertz CT molecular complexity index is 1070. The van der Waals surface area contributed by atoms with Crippen molar-refractivity contribution in [2.45, 2.75) is 27.7 Å². The number of anilines is 2. The highest BCUT2D eigenvalue weighted by atomic mass is 32.1. The van der Waals surface area contributed by atoms with Crippen molar-refractivity contribution in [2.24, 2.45) is 0 Å². The van der Waals surface area contributed by atoms with E-state index in [1.165, 1.54) is 16.7 Å². The van der Waals surface area contributed by atoms with Gasteiger partial charge in [-0.3, -0.25) is 0 Å². The van der Waals surface area contributed by atoms with Crippen molar-refractivity contribution in [1.29, 1.82) is 0 Å². The minimum atomic E-state index is 0.911. The van der Waals surface area contributed by atoms with Crippen molar-refractivity contribution in [3.8, 4) is 16.9 Å². The molecule has 0 radical (unpaired) electrons. The highest BCUT2D eigenvalue weighted by Gasteiger charge is 2.09. The van der Waals surface area contributed by atoms with Crippen molar-refractivity contribution in [1.82, 2.24) is 14.5 Å². The molecular formula is C22H22N4S. The molecule has 4 aromatic rings. The van der Waals surface area contributed by atoms with E-state index < -0.39 is 0 Å². The van der Waals surface area contributed by atoms with Crippen LogP contribution in [0.5, 0.6) is 0 Å². The highest BCUT2D eigenvalue weighted by Crippen LogP contribution is 2.30. The van der Waals surface area contributed by atoms with Crippen LogP contribution in [-0.2, 0) is 0 Å². The summed E-state index contributed by atoms with van der Waals surface area (Å²) >= 11 is 1.63. The van der Waals surface area contributed by atoms with Gasteiger partial charge in [0.2, 0.25) is 0 Å². The Balaban J connectivity index is 1.56. The van der Waals surface area contributed by atoms with Crippen molar-refractivity contribution < 1.29 is 0 Å². The molecule has 0 aliphatic carbocycles. The average molecular weight is 375 g/mol. The maximum absolute atomic E-state index is 4.78. The second-order valence-electron chi connectivity index (χ2n) is 6.91. The minimum absolute atomic E-state index is 0.911. The van der Waals surface area contributed by atoms with Gasteiger partial charge in [-0.25, -0.2) is 9.97 Å². The number of imidazole rings is 1. The SMILES string of the molecule is Cc1cc(C)c(Nc2nc(-c3ccc(-n4cnc(C)c4)cc3)cs2)c(C)c1. The van der Waals surface area contributed by atoms with Gasteiger partial charge in [-0.2, -0.15) is 0 Å². The lowest BCUT2D eigenvalue weighted by Crippen LogP contribution is -1.96. The van der Waals surface area contributed by atoms with Crippen LogP contribution < -0.4 is 5.32 Å². The van der Waals surface area contributed by atoms with E-state index in [9.17, 15) is 0 Å². The van der Waals surface area contributed by atoms with Crippen LogP contribution in [0.1, 0.15) is 22.4 Å². The summed E-state index contributed by atoms with van der Waals surface area (Å²) in [6.45, 7) is 8.38. The van der Waals surface area contributed by atoms with Gasteiger partial charge in [0.15, 0.2) is 5.13 Å². The molecule has 0 aliphatic heterocycles. The Morgan fingerprint density at radius 1 is 0.963 bits per heavy atom. The Labute approximate surface area is 163 Å². The molecule has 0 spiro atoms. The number of thiazole rings is 1. The fourth-order valence-electron chi connectivity index (χ4n) is 3.31. The highest BCUT2D eigenvalue weighted by molar-refractivity contribution is 7.14. The number of aromatic nitrogens is 3. The third kappa shape index (κ3) is 3.64. The molecule has 2 aromatic carbocycles. The number of rotatable bonds is 4. The van der Waals surface area contributed by atoms with Crippen LogP contribution in [0, 0.1) is 27.7 Å². The van der Waals surface area contributed by atoms with Gasteiger partial charge >= 0.3 is 0 Å². The fourth-order valence-corrected chi connectivity index (χ4v) is 4.04. The first kappa shape index (κ1) is 17.5.